The minimum Gasteiger partial charge on any atom is -0.394 e. The highest BCUT2D eigenvalue weighted by atomic mass is 32.2. The second-order valence-electron chi connectivity index (χ2n) is 9.35. The smallest absolute Gasteiger partial charge is 0.315 e. The summed E-state index contributed by atoms with van der Waals surface area (Å²) in [5.74, 6) is 0.461. The van der Waals surface area contributed by atoms with Gasteiger partial charge in [-0.2, -0.15) is 16.8 Å². The molecule has 0 aromatic carbocycles. The second kappa shape index (κ2) is 13.7. The zero-order chi connectivity index (χ0) is 26.2. The van der Waals surface area contributed by atoms with Crippen LogP contribution in [0, 0.1) is 0 Å². The van der Waals surface area contributed by atoms with E-state index in [9.17, 15) is 29.7 Å². The summed E-state index contributed by atoms with van der Waals surface area (Å²) in [6.45, 7) is 1.47. The number of carbonyl (C=O) groups is 3. The number of thioether (sulfide) groups is 1. The Balaban J connectivity index is 1.35. The van der Waals surface area contributed by atoms with Crippen molar-refractivity contribution < 1.29 is 39.3 Å². The monoisotopic (exact) mass is 533 g/mol. The molecule has 7 N–H and O–H groups in total. The summed E-state index contributed by atoms with van der Waals surface area (Å²) in [6.07, 6.45) is -1.17. The fraction of sp³-hybridized carbons (Fsp3) is 0.864. The van der Waals surface area contributed by atoms with Crippen molar-refractivity contribution in [2.45, 2.75) is 86.9 Å². The molecule has 14 heteroatoms. The van der Waals surface area contributed by atoms with Crippen LogP contribution in [0.4, 0.5) is 4.79 Å². The number of amides is 4. The summed E-state index contributed by atoms with van der Waals surface area (Å²) in [7, 11) is 1.41. The van der Waals surface area contributed by atoms with Crippen molar-refractivity contribution >= 4 is 29.6 Å². The van der Waals surface area contributed by atoms with Crippen molar-refractivity contribution in [3.8, 4) is 0 Å². The van der Waals surface area contributed by atoms with Gasteiger partial charge in [0, 0.05) is 37.4 Å². The Morgan fingerprint density at radius 1 is 1.22 bits per heavy atom. The van der Waals surface area contributed by atoms with Crippen molar-refractivity contribution in [1.82, 2.24) is 26.3 Å². The molecule has 3 fully saturated rings. The standard InChI is InChI=1S/C22H39N5O8S/c1-12(29)24-18-20(32)19(31)14(10-28)35-21(18)27(34-2)9-5-8-23-16(30)7-4-3-6-15-17-13(11-36-15)25-22(33)26-17/h13-15,17-21,28,31-32H,3-11H2,1-2H3,(H,23,30)(H,24,29)(H2,25,26,33)/t13-,14+,15-,17-,18+,19+,20+,21+/m0/s1. The molecule has 0 aromatic rings. The Morgan fingerprint density at radius 3 is 2.69 bits per heavy atom. The zero-order valence-corrected chi connectivity index (χ0v) is 21.5. The lowest BCUT2D eigenvalue weighted by Crippen LogP contribution is -2.68. The molecule has 8 atom stereocenters. The number of hydroxylamine groups is 2. The van der Waals surface area contributed by atoms with Crippen molar-refractivity contribution in [1.29, 1.82) is 0 Å². The van der Waals surface area contributed by atoms with Gasteiger partial charge in [0.1, 0.15) is 18.3 Å². The summed E-state index contributed by atoms with van der Waals surface area (Å²) >= 11 is 1.86. The van der Waals surface area contributed by atoms with Gasteiger partial charge in [-0.15, -0.1) is 0 Å². The average Bonchev–Trinajstić information content (AvgIpc) is 3.39. The molecule has 3 saturated heterocycles. The molecule has 0 aliphatic carbocycles. The number of aliphatic hydroxyl groups excluding tert-OH is 3. The van der Waals surface area contributed by atoms with Crippen LogP contribution in [-0.2, 0) is 19.2 Å². The van der Waals surface area contributed by atoms with Gasteiger partial charge in [0.05, 0.1) is 31.8 Å². The Bertz CT molecular complexity index is 764. The minimum atomic E-state index is -1.37. The number of nitrogens with zero attached hydrogens (tertiary/aromatic N) is 1. The van der Waals surface area contributed by atoms with Gasteiger partial charge in [-0.3, -0.25) is 14.4 Å². The normalized spacial score (nSPS) is 33.7. The highest BCUT2D eigenvalue weighted by Crippen LogP contribution is 2.33. The van der Waals surface area contributed by atoms with Gasteiger partial charge in [0.25, 0.3) is 0 Å². The first-order chi connectivity index (χ1) is 17.2. The molecule has 0 saturated carbocycles. The predicted octanol–water partition coefficient (Wildman–Crippen LogP) is -1.97. The number of fused-ring (bicyclic) bond motifs is 1. The van der Waals surface area contributed by atoms with Gasteiger partial charge in [0.2, 0.25) is 11.8 Å². The Morgan fingerprint density at radius 2 is 2.00 bits per heavy atom. The number of nitrogens with one attached hydrogen (secondary N) is 4. The molecule has 3 aliphatic heterocycles. The van der Waals surface area contributed by atoms with Gasteiger partial charge >= 0.3 is 6.03 Å². The molecule has 0 radical (unpaired) electrons. The second-order valence-corrected chi connectivity index (χ2v) is 10.6. The Labute approximate surface area is 215 Å². The van der Waals surface area contributed by atoms with Crippen LogP contribution < -0.4 is 21.3 Å². The van der Waals surface area contributed by atoms with Crippen LogP contribution in [-0.4, -0.2) is 119 Å². The van der Waals surface area contributed by atoms with Crippen LogP contribution >= 0.6 is 11.8 Å². The number of hydrogen-bond acceptors (Lipinski definition) is 10. The number of rotatable bonds is 13. The molecule has 4 amide bonds. The fourth-order valence-electron chi connectivity index (χ4n) is 4.88. The lowest BCUT2D eigenvalue weighted by Gasteiger charge is -2.45. The maximum absolute atomic E-state index is 12.2. The lowest BCUT2D eigenvalue weighted by atomic mass is 9.95. The highest BCUT2D eigenvalue weighted by Gasteiger charge is 2.47. The number of carbonyl (C=O) groups excluding carboxylic acids is 3. The number of aliphatic hydroxyl groups is 3. The van der Waals surface area contributed by atoms with E-state index in [4.69, 9.17) is 9.57 Å². The van der Waals surface area contributed by atoms with E-state index >= 15 is 0 Å². The van der Waals surface area contributed by atoms with Crippen LogP contribution in [0.2, 0.25) is 0 Å². The van der Waals surface area contributed by atoms with E-state index in [2.05, 4.69) is 21.3 Å². The molecule has 0 unspecified atom stereocenters. The first-order valence-corrected chi connectivity index (χ1v) is 13.5. The van der Waals surface area contributed by atoms with Gasteiger partial charge in [-0.25, -0.2) is 4.79 Å². The van der Waals surface area contributed by atoms with Crippen LogP contribution in [0.5, 0.6) is 0 Å². The average molecular weight is 534 g/mol. The predicted molar refractivity (Wildman–Crippen MR) is 131 cm³/mol. The molecule has 0 spiro atoms. The van der Waals surface area contributed by atoms with E-state index in [0.717, 1.165) is 25.0 Å². The molecule has 13 nitrogen and oxygen atoms in total. The largest absolute Gasteiger partial charge is 0.394 e. The Hall–Kier alpha value is -1.68. The zero-order valence-electron chi connectivity index (χ0n) is 20.7. The van der Waals surface area contributed by atoms with Gasteiger partial charge in [0.15, 0.2) is 6.23 Å². The third kappa shape index (κ3) is 7.43. The van der Waals surface area contributed by atoms with E-state index in [1.54, 1.807) is 0 Å². The third-order valence-corrected chi connectivity index (χ3v) is 8.26. The van der Waals surface area contributed by atoms with E-state index in [1.807, 2.05) is 11.8 Å². The maximum Gasteiger partial charge on any atom is 0.315 e. The molecule has 3 rings (SSSR count). The van der Waals surface area contributed by atoms with E-state index in [1.165, 1.54) is 19.1 Å². The minimum absolute atomic E-state index is 0.0457. The van der Waals surface area contributed by atoms with Crippen LogP contribution in [0.25, 0.3) is 0 Å². The molecular weight excluding hydrogens is 494 g/mol. The third-order valence-electron chi connectivity index (χ3n) is 6.75. The maximum atomic E-state index is 12.2. The molecule has 206 valence electrons. The summed E-state index contributed by atoms with van der Waals surface area (Å²) in [5.41, 5.74) is 0. The summed E-state index contributed by atoms with van der Waals surface area (Å²) in [5, 5.41) is 43.2. The highest BCUT2D eigenvalue weighted by molar-refractivity contribution is 8.00. The Kier molecular flexibility index (Phi) is 11.0. The number of urea groups is 1. The topological polar surface area (TPSA) is 182 Å². The number of unbranched alkanes of at least 4 members (excludes halogenated alkanes) is 1. The van der Waals surface area contributed by atoms with Crippen molar-refractivity contribution in [3.63, 3.8) is 0 Å². The first-order valence-electron chi connectivity index (χ1n) is 12.4. The molecule has 3 heterocycles. The molecule has 36 heavy (non-hydrogen) atoms. The van der Waals surface area contributed by atoms with E-state index in [-0.39, 0.29) is 24.0 Å². The van der Waals surface area contributed by atoms with Gasteiger partial charge in [-0.1, -0.05) is 6.42 Å². The van der Waals surface area contributed by atoms with Crippen molar-refractivity contribution in [3.05, 3.63) is 0 Å². The first kappa shape index (κ1) is 28.9. The molecule has 0 bridgehead atoms. The van der Waals surface area contributed by atoms with Crippen LogP contribution in [0.3, 0.4) is 0 Å². The van der Waals surface area contributed by atoms with Crippen LogP contribution in [0.1, 0.15) is 39.0 Å². The van der Waals surface area contributed by atoms with Gasteiger partial charge < -0.3 is 41.3 Å². The number of ether oxygens (including phenoxy) is 1. The van der Waals surface area contributed by atoms with Crippen LogP contribution in [0.15, 0.2) is 0 Å². The molecule has 3 aliphatic rings. The summed E-state index contributed by atoms with van der Waals surface area (Å²) in [6, 6.07) is -0.686. The molecule has 0 aromatic heterocycles. The number of hydrogen-bond donors (Lipinski definition) is 7. The molecular formula is C22H39N5O8S. The van der Waals surface area contributed by atoms with E-state index < -0.39 is 43.1 Å². The summed E-state index contributed by atoms with van der Waals surface area (Å²) in [4.78, 5) is 40.7. The van der Waals surface area contributed by atoms with Crippen molar-refractivity contribution in [2.24, 2.45) is 0 Å². The SMILES string of the molecule is CON(CCCNC(=O)CCCC[C@@H]1SC[C@@H]2NC(=O)N[C@@H]21)[C@@H]1O[C@H](CO)[C@@H](O)[C@H](O)[C@H]1NC(C)=O. The van der Waals surface area contributed by atoms with Crippen molar-refractivity contribution in [2.75, 3.05) is 32.6 Å². The quantitative estimate of drug-likeness (QED) is 0.0796. The fourth-order valence-corrected chi connectivity index (χ4v) is 6.43. The lowest BCUT2D eigenvalue weighted by molar-refractivity contribution is -0.304. The van der Waals surface area contributed by atoms with Gasteiger partial charge in [-0.05, 0) is 19.3 Å². The summed E-state index contributed by atoms with van der Waals surface area (Å²) < 4.78 is 5.71. The van der Waals surface area contributed by atoms with E-state index in [0.29, 0.717) is 31.2 Å².